The van der Waals surface area contributed by atoms with Crippen molar-refractivity contribution < 1.29 is 17.9 Å². The van der Waals surface area contributed by atoms with Gasteiger partial charge in [-0.3, -0.25) is 4.79 Å². The lowest BCUT2D eigenvalue weighted by Crippen LogP contribution is -2.45. The number of ether oxygens (including phenoxy) is 1. The van der Waals surface area contributed by atoms with Gasteiger partial charge >= 0.3 is 0 Å². The molecule has 2 N–H and O–H groups in total. The molecule has 33 heavy (non-hydrogen) atoms. The van der Waals surface area contributed by atoms with Crippen LogP contribution in [-0.2, 0) is 21.2 Å². The summed E-state index contributed by atoms with van der Waals surface area (Å²) in [4.78, 5) is 13.2. The molecule has 0 aliphatic heterocycles. The molecule has 0 heterocycles. The lowest BCUT2D eigenvalue weighted by molar-refractivity contribution is -0.117. The maximum Gasteiger partial charge on any atom is 0.242 e. The molecule has 0 saturated carbocycles. The Balaban J connectivity index is 1.89. The van der Waals surface area contributed by atoms with E-state index in [2.05, 4.69) is 10.0 Å². The Kier molecular flexibility index (Phi) is 8.13. The number of hydrogen-bond acceptors (Lipinski definition) is 4. The summed E-state index contributed by atoms with van der Waals surface area (Å²) in [7, 11) is -4.04. The van der Waals surface area contributed by atoms with Crippen LogP contribution >= 0.6 is 11.6 Å². The monoisotopic (exact) mass is 486 g/mol. The molecule has 6 nitrogen and oxygen atoms in total. The summed E-state index contributed by atoms with van der Waals surface area (Å²) in [5.74, 6) is -0.0558. The molecule has 1 atom stereocenters. The summed E-state index contributed by atoms with van der Waals surface area (Å²) in [5, 5.41) is 3.05. The van der Waals surface area contributed by atoms with Crippen LogP contribution in [0.4, 0.5) is 5.69 Å². The Morgan fingerprint density at radius 2 is 1.76 bits per heavy atom. The quantitative estimate of drug-likeness (QED) is 0.451. The van der Waals surface area contributed by atoms with Gasteiger partial charge in [-0.1, -0.05) is 54.1 Å². The first-order valence-corrected chi connectivity index (χ1v) is 12.4. The normalized spacial score (nSPS) is 12.2. The van der Waals surface area contributed by atoms with E-state index in [1.165, 1.54) is 18.2 Å². The fourth-order valence-corrected chi connectivity index (χ4v) is 4.84. The van der Waals surface area contributed by atoms with E-state index in [9.17, 15) is 13.2 Å². The number of rotatable bonds is 9. The third-order valence-corrected chi connectivity index (χ3v) is 7.04. The highest BCUT2D eigenvalue weighted by Gasteiger charge is 2.27. The van der Waals surface area contributed by atoms with Crippen molar-refractivity contribution in [3.05, 3.63) is 88.4 Å². The zero-order valence-electron chi connectivity index (χ0n) is 18.8. The van der Waals surface area contributed by atoms with E-state index in [1.54, 1.807) is 6.07 Å². The van der Waals surface area contributed by atoms with Crippen molar-refractivity contribution in [2.75, 3.05) is 11.9 Å². The lowest BCUT2D eigenvalue weighted by atomic mass is 10.0. The predicted octanol–water partition coefficient (Wildman–Crippen LogP) is 4.88. The number of aryl methyl sites for hydroxylation is 1. The molecule has 3 aromatic rings. The molecule has 0 unspecified atom stereocenters. The van der Waals surface area contributed by atoms with Crippen molar-refractivity contribution in [1.82, 2.24) is 4.72 Å². The fourth-order valence-electron chi connectivity index (χ4n) is 3.32. The van der Waals surface area contributed by atoms with Crippen LogP contribution < -0.4 is 14.8 Å². The molecule has 0 fully saturated rings. The number of hydrogen-bond donors (Lipinski definition) is 2. The summed E-state index contributed by atoms with van der Waals surface area (Å²) in [6.45, 7) is 6.07. The van der Waals surface area contributed by atoms with Gasteiger partial charge in [0.25, 0.3) is 0 Å². The Hall–Kier alpha value is -2.87. The van der Waals surface area contributed by atoms with E-state index in [1.807, 2.05) is 63.2 Å². The van der Waals surface area contributed by atoms with Gasteiger partial charge in [-0.2, -0.15) is 4.72 Å². The molecule has 0 spiro atoms. The summed E-state index contributed by atoms with van der Waals surface area (Å²) < 4.78 is 34.2. The SMILES string of the molecule is CCOc1ccc(S(=O)(=O)N[C@@H](Cc2ccccc2)C(=O)Nc2cccc(C)c2C)cc1Cl. The average Bonchev–Trinajstić information content (AvgIpc) is 2.78. The highest BCUT2D eigenvalue weighted by atomic mass is 35.5. The molecule has 174 valence electrons. The molecule has 3 rings (SSSR count). The van der Waals surface area contributed by atoms with Gasteiger partial charge in [-0.05, 0) is 68.1 Å². The van der Waals surface area contributed by atoms with E-state index in [0.29, 0.717) is 18.0 Å². The largest absolute Gasteiger partial charge is 0.492 e. The molecule has 0 bridgehead atoms. The molecular formula is C25H27ClN2O4S. The Morgan fingerprint density at radius 1 is 1.03 bits per heavy atom. The Labute approximate surface area is 200 Å². The fraction of sp³-hybridized carbons (Fsp3) is 0.240. The maximum atomic E-state index is 13.2. The predicted molar refractivity (Wildman–Crippen MR) is 131 cm³/mol. The summed E-state index contributed by atoms with van der Waals surface area (Å²) >= 11 is 6.19. The third-order valence-electron chi connectivity index (χ3n) is 5.27. The first-order valence-electron chi connectivity index (χ1n) is 10.6. The van der Waals surface area contributed by atoms with Crippen LogP contribution in [0, 0.1) is 13.8 Å². The van der Waals surface area contributed by atoms with Gasteiger partial charge in [0.2, 0.25) is 15.9 Å². The first kappa shape index (κ1) is 24.8. The molecule has 0 radical (unpaired) electrons. The minimum Gasteiger partial charge on any atom is -0.492 e. The van der Waals surface area contributed by atoms with Crippen LogP contribution in [0.25, 0.3) is 0 Å². The number of amides is 1. The molecule has 1 amide bonds. The summed E-state index contributed by atoms with van der Waals surface area (Å²) in [5.41, 5.74) is 3.41. The number of benzene rings is 3. The van der Waals surface area contributed by atoms with E-state index in [-0.39, 0.29) is 16.3 Å². The van der Waals surface area contributed by atoms with E-state index in [0.717, 1.165) is 16.7 Å². The third kappa shape index (κ3) is 6.35. The van der Waals surface area contributed by atoms with Gasteiger partial charge in [-0.25, -0.2) is 8.42 Å². The number of carbonyl (C=O) groups is 1. The Morgan fingerprint density at radius 3 is 2.42 bits per heavy atom. The van der Waals surface area contributed by atoms with Crippen molar-refractivity contribution in [1.29, 1.82) is 0 Å². The van der Waals surface area contributed by atoms with Crippen molar-refractivity contribution >= 4 is 33.2 Å². The van der Waals surface area contributed by atoms with Crippen molar-refractivity contribution in [2.45, 2.75) is 38.1 Å². The molecule has 8 heteroatoms. The van der Waals surface area contributed by atoms with Crippen LogP contribution in [0.5, 0.6) is 5.75 Å². The van der Waals surface area contributed by atoms with Crippen molar-refractivity contribution in [3.8, 4) is 5.75 Å². The number of anilines is 1. The topological polar surface area (TPSA) is 84.5 Å². The minimum atomic E-state index is -4.04. The summed E-state index contributed by atoms with van der Waals surface area (Å²) in [6.07, 6.45) is 0.182. The molecule has 0 aliphatic carbocycles. The second kappa shape index (κ2) is 10.8. The van der Waals surface area contributed by atoms with Gasteiger partial charge in [0.15, 0.2) is 0 Å². The van der Waals surface area contributed by atoms with Crippen LogP contribution in [0.15, 0.2) is 71.6 Å². The summed E-state index contributed by atoms with van der Waals surface area (Å²) in [6, 6.07) is 18.0. The first-order chi connectivity index (χ1) is 15.7. The van der Waals surface area contributed by atoms with Gasteiger partial charge in [0, 0.05) is 5.69 Å². The molecule has 0 saturated heterocycles. The van der Waals surface area contributed by atoms with Crippen LogP contribution in [0.1, 0.15) is 23.6 Å². The van der Waals surface area contributed by atoms with Gasteiger partial charge < -0.3 is 10.1 Å². The van der Waals surface area contributed by atoms with Crippen molar-refractivity contribution in [3.63, 3.8) is 0 Å². The van der Waals surface area contributed by atoms with E-state index in [4.69, 9.17) is 16.3 Å². The standard InChI is InChI=1S/C25H27ClN2O4S/c1-4-32-24-14-13-20(16-21(24)26)33(30,31)28-23(15-19-10-6-5-7-11-19)25(29)27-22-12-8-9-17(2)18(22)3/h5-14,16,23,28H,4,15H2,1-3H3,(H,27,29)/t23-/m0/s1. The molecule has 0 aromatic heterocycles. The molecule has 0 aliphatic rings. The number of sulfonamides is 1. The highest BCUT2D eigenvalue weighted by Crippen LogP contribution is 2.27. The second-order valence-corrected chi connectivity index (χ2v) is 9.75. The minimum absolute atomic E-state index is 0.0476. The molecular weight excluding hydrogens is 460 g/mol. The van der Waals surface area contributed by atoms with Crippen LogP contribution in [0.2, 0.25) is 5.02 Å². The second-order valence-electron chi connectivity index (χ2n) is 7.63. The zero-order chi connectivity index (χ0) is 24.0. The smallest absolute Gasteiger partial charge is 0.242 e. The van der Waals surface area contributed by atoms with Crippen LogP contribution in [-0.4, -0.2) is 27.0 Å². The number of nitrogens with one attached hydrogen (secondary N) is 2. The van der Waals surface area contributed by atoms with Gasteiger partial charge in [0.1, 0.15) is 11.8 Å². The lowest BCUT2D eigenvalue weighted by Gasteiger charge is -2.20. The molecule has 3 aromatic carbocycles. The van der Waals surface area contributed by atoms with Crippen LogP contribution in [0.3, 0.4) is 0 Å². The number of carbonyl (C=O) groups excluding carboxylic acids is 1. The van der Waals surface area contributed by atoms with Gasteiger partial charge in [0.05, 0.1) is 16.5 Å². The van der Waals surface area contributed by atoms with Crippen molar-refractivity contribution in [2.24, 2.45) is 0 Å². The number of halogens is 1. The maximum absolute atomic E-state index is 13.2. The Bertz CT molecular complexity index is 1230. The van der Waals surface area contributed by atoms with E-state index < -0.39 is 22.0 Å². The van der Waals surface area contributed by atoms with Gasteiger partial charge in [-0.15, -0.1) is 0 Å². The zero-order valence-corrected chi connectivity index (χ0v) is 20.3. The van der Waals surface area contributed by atoms with E-state index >= 15 is 0 Å². The average molecular weight is 487 g/mol. The highest BCUT2D eigenvalue weighted by molar-refractivity contribution is 7.89.